The van der Waals surface area contributed by atoms with Crippen molar-refractivity contribution in [3.63, 3.8) is 0 Å². The van der Waals surface area contributed by atoms with Gasteiger partial charge in [-0.2, -0.15) is 0 Å². The molecule has 1 rings (SSSR count). The van der Waals surface area contributed by atoms with Gasteiger partial charge < -0.3 is 15.2 Å². The van der Waals surface area contributed by atoms with Crippen molar-refractivity contribution in [1.29, 1.82) is 0 Å². The van der Waals surface area contributed by atoms with Crippen LogP contribution in [0.3, 0.4) is 0 Å². The number of aliphatic hydroxyl groups excluding tert-OH is 1. The minimum absolute atomic E-state index is 0.0893. The van der Waals surface area contributed by atoms with E-state index in [4.69, 9.17) is 9.84 Å². The van der Waals surface area contributed by atoms with Crippen molar-refractivity contribution in [1.82, 2.24) is 5.32 Å². The number of amides is 1. The van der Waals surface area contributed by atoms with E-state index in [9.17, 15) is 4.79 Å². The van der Waals surface area contributed by atoms with Gasteiger partial charge in [0.1, 0.15) is 6.61 Å². The van der Waals surface area contributed by atoms with Crippen LogP contribution < -0.4 is 5.32 Å². The van der Waals surface area contributed by atoms with Gasteiger partial charge in [0.2, 0.25) is 0 Å². The average Bonchev–Trinajstić information content (AvgIpc) is 2.84. The number of hydrogen-bond acceptors (Lipinski definition) is 4. The molecule has 0 aliphatic carbocycles. The average molecular weight is 267 g/mol. The molecule has 4 nitrogen and oxygen atoms in total. The lowest BCUT2D eigenvalue weighted by Gasteiger charge is -2.03. The zero-order valence-electron chi connectivity index (χ0n) is 10.4. The molecule has 18 heavy (non-hydrogen) atoms. The van der Waals surface area contributed by atoms with Crippen LogP contribution in [0.2, 0.25) is 0 Å². The van der Waals surface area contributed by atoms with Crippen molar-refractivity contribution in [3.05, 3.63) is 21.9 Å². The monoisotopic (exact) mass is 267 g/mol. The molecule has 5 heteroatoms. The van der Waals surface area contributed by atoms with Crippen LogP contribution in [-0.2, 0) is 4.74 Å². The second kappa shape index (κ2) is 8.70. The highest BCUT2D eigenvalue weighted by molar-refractivity contribution is 7.14. The number of thiophene rings is 1. The molecule has 0 unspecified atom stereocenters. The minimum Gasteiger partial charge on any atom is -0.384 e. The van der Waals surface area contributed by atoms with Crippen LogP contribution in [0.5, 0.6) is 0 Å². The maximum Gasteiger partial charge on any atom is 0.261 e. The van der Waals surface area contributed by atoms with E-state index >= 15 is 0 Å². The van der Waals surface area contributed by atoms with Crippen molar-refractivity contribution < 1.29 is 14.6 Å². The molecule has 2 N–H and O–H groups in total. The molecule has 0 spiro atoms. The normalized spacial score (nSPS) is 9.67. The van der Waals surface area contributed by atoms with Gasteiger partial charge in [-0.15, -0.1) is 11.3 Å². The van der Waals surface area contributed by atoms with Crippen LogP contribution in [0, 0.1) is 11.8 Å². The third kappa shape index (κ3) is 5.32. The Morgan fingerprint density at radius 3 is 3.11 bits per heavy atom. The number of hydrogen-bond donors (Lipinski definition) is 2. The lowest BCUT2D eigenvalue weighted by Crippen LogP contribution is -2.24. The molecule has 0 fully saturated rings. The summed E-state index contributed by atoms with van der Waals surface area (Å²) in [5, 5.41) is 11.4. The molecule has 0 saturated heterocycles. The first kappa shape index (κ1) is 14.7. The van der Waals surface area contributed by atoms with E-state index in [0.717, 1.165) is 11.3 Å². The number of nitrogens with one attached hydrogen (secondary N) is 1. The van der Waals surface area contributed by atoms with Gasteiger partial charge in [0, 0.05) is 19.8 Å². The van der Waals surface area contributed by atoms with Gasteiger partial charge in [-0.3, -0.25) is 4.79 Å². The largest absolute Gasteiger partial charge is 0.384 e. The van der Waals surface area contributed by atoms with Crippen LogP contribution in [0.15, 0.2) is 12.1 Å². The smallest absolute Gasteiger partial charge is 0.261 e. The molecule has 1 heterocycles. The van der Waals surface area contributed by atoms with Gasteiger partial charge in [0.25, 0.3) is 5.91 Å². The molecule has 0 aliphatic heterocycles. The van der Waals surface area contributed by atoms with Gasteiger partial charge in [-0.05, 0) is 25.5 Å². The molecule has 1 amide bonds. The Hall–Kier alpha value is -1.35. The summed E-state index contributed by atoms with van der Waals surface area (Å²) in [5.74, 6) is 5.23. The summed E-state index contributed by atoms with van der Waals surface area (Å²) in [5.41, 5.74) is 0. The number of carbonyl (C=O) groups is 1. The van der Waals surface area contributed by atoms with Crippen LogP contribution >= 0.6 is 11.3 Å². The van der Waals surface area contributed by atoms with E-state index in [1.54, 1.807) is 12.1 Å². The summed E-state index contributed by atoms with van der Waals surface area (Å²) in [4.78, 5) is 13.1. The molecule has 98 valence electrons. The molecular weight excluding hydrogens is 250 g/mol. The fourth-order valence-electron chi connectivity index (χ4n) is 1.26. The SMILES string of the molecule is CCOCCCNC(=O)c1ccc(C#CCO)s1. The number of carbonyl (C=O) groups excluding carboxylic acids is 1. The van der Waals surface area contributed by atoms with E-state index in [-0.39, 0.29) is 12.5 Å². The first-order valence-corrected chi connectivity index (χ1v) is 6.65. The Morgan fingerprint density at radius 1 is 1.56 bits per heavy atom. The Morgan fingerprint density at radius 2 is 2.39 bits per heavy atom. The Balaban J connectivity index is 2.35. The Bertz CT molecular complexity index is 431. The van der Waals surface area contributed by atoms with Gasteiger partial charge in [0.15, 0.2) is 0 Å². The maximum absolute atomic E-state index is 11.7. The molecule has 1 aromatic rings. The number of rotatable bonds is 6. The van der Waals surface area contributed by atoms with E-state index in [2.05, 4.69) is 17.2 Å². The lowest BCUT2D eigenvalue weighted by atomic mass is 10.4. The topological polar surface area (TPSA) is 58.6 Å². The third-order valence-electron chi connectivity index (χ3n) is 2.08. The lowest BCUT2D eigenvalue weighted by molar-refractivity contribution is 0.0948. The highest BCUT2D eigenvalue weighted by Gasteiger charge is 2.07. The molecule has 0 saturated carbocycles. The second-order valence-electron chi connectivity index (χ2n) is 3.43. The first-order chi connectivity index (χ1) is 8.77. The summed E-state index contributed by atoms with van der Waals surface area (Å²) < 4.78 is 5.18. The molecule has 0 aromatic carbocycles. The summed E-state index contributed by atoms with van der Waals surface area (Å²) in [6.07, 6.45) is 0.808. The molecule has 0 atom stereocenters. The maximum atomic E-state index is 11.7. The summed E-state index contributed by atoms with van der Waals surface area (Å²) >= 11 is 1.32. The van der Waals surface area contributed by atoms with Gasteiger partial charge in [-0.1, -0.05) is 11.8 Å². The standard InChI is InChI=1S/C13H17NO3S/c1-2-17-10-4-8-14-13(16)12-7-6-11(18-12)5-3-9-15/h6-7,15H,2,4,8-10H2,1H3,(H,14,16). The predicted molar refractivity (Wildman–Crippen MR) is 71.7 cm³/mol. The van der Waals surface area contributed by atoms with Gasteiger partial charge in [-0.25, -0.2) is 0 Å². The quantitative estimate of drug-likeness (QED) is 0.602. The van der Waals surface area contributed by atoms with Crippen LogP contribution in [0.1, 0.15) is 27.9 Å². The summed E-state index contributed by atoms with van der Waals surface area (Å²) in [6, 6.07) is 3.52. The van der Waals surface area contributed by atoms with E-state index < -0.39 is 0 Å². The van der Waals surface area contributed by atoms with Crippen LogP contribution in [0.25, 0.3) is 0 Å². The number of aliphatic hydroxyl groups is 1. The van der Waals surface area contributed by atoms with Crippen molar-refractivity contribution in [2.45, 2.75) is 13.3 Å². The van der Waals surface area contributed by atoms with E-state index in [1.165, 1.54) is 11.3 Å². The third-order valence-corrected chi connectivity index (χ3v) is 3.08. The molecule has 0 bridgehead atoms. The second-order valence-corrected chi connectivity index (χ2v) is 4.51. The van der Waals surface area contributed by atoms with Crippen LogP contribution in [0.4, 0.5) is 0 Å². The van der Waals surface area contributed by atoms with Crippen molar-refractivity contribution >= 4 is 17.2 Å². The van der Waals surface area contributed by atoms with Gasteiger partial charge in [0.05, 0.1) is 9.75 Å². The fraction of sp³-hybridized carbons (Fsp3) is 0.462. The molecule has 0 aliphatic rings. The van der Waals surface area contributed by atoms with E-state index in [1.807, 2.05) is 6.92 Å². The summed E-state index contributed by atoms with van der Waals surface area (Å²) in [7, 11) is 0. The summed E-state index contributed by atoms with van der Waals surface area (Å²) in [6.45, 7) is 3.74. The number of ether oxygens (including phenoxy) is 1. The van der Waals surface area contributed by atoms with E-state index in [0.29, 0.717) is 24.6 Å². The highest BCUT2D eigenvalue weighted by atomic mass is 32.1. The van der Waals surface area contributed by atoms with Crippen molar-refractivity contribution in [2.24, 2.45) is 0 Å². The highest BCUT2D eigenvalue weighted by Crippen LogP contribution is 2.14. The zero-order chi connectivity index (χ0) is 13.2. The fourth-order valence-corrected chi connectivity index (χ4v) is 2.06. The minimum atomic E-state index is -0.170. The molecular formula is C13H17NO3S. The van der Waals surface area contributed by atoms with Crippen LogP contribution in [-0.4, -0.2) is 37.4 Å². The Kier molecular flexibility index (Phi) is 7.11. The predicted octanol–water partition coefficient (Wildman–Crippen LogP) is 1.25. The molecule has 0 radical (unpaired) electrons. The Labute approximate surface area is 111 Å². The van der Waals surface area contributed by atoms with Crippen molar-refractivity contribution in [3.8, 4) is 11.8 Å². The zero-order valence-corrected chi connectivity index (χ0v) is 11.2. The van der Waals surface area contributed by atoms with Gasteiger partial charge >= 0.3 is 0 Å². The molecule has 1 aromatic heterocycles. The van der Waals surface area contributed by atoms with Crippen molar-refractivity contribution in [2.75, 3.05) is 26.4 Å². The first-order valence-electron chi connectivity index (χ1n) is 5.83.